The van der Waals surface area contributed by atoms with Crippen LogP contribution in [0.3, 0.4) is 0 Å². The third-order valence-corrected chi connectivity index (χ3v) is 7.88. The van der Waals surface area contributed by atoms with Gasteiger partial charge in [0.15, 0.2) is 0 Å². The Labute approximate surface area is 197 Å². The minimum absolute atomic E-state index is 0.0511. The lowest BCUT2D eigenvalue weighted by molar-refractivity contribution is 0.0927. The van der Waals surface area contributed by atoms with Crippen molar-refractivity contribution < 1.29 is 9.53 Å². The van der Waals surface area contributed by atoms with E-state index in [1.165, 1.54) is 51.4 Å². The molecule has 0 bridgehead atoms. The second kappa shape index (κ2) is 10.3. The fourth-order valence-corrected chi connectivity index (χ4v) is 5.66. The molecule has 1 aromatic heterocycles. The first kappa shape index (κ1) is 23.2. The van der Waals surface area contributed by atoms with E-state index in [2.05, 4.69) is 22.9 Å². The molecule has 0 radical (unpaired) electrons. The van der Waals surface area contributed by atoms with E-state index in [1.54, 1.807) is 7.11 Å². The first-order valence-electron chi connectivity index (χ1n) is 12.3. The van der Waals surface area contributed by atoms with E-state index in [-0.39, 0.29) is 5.91 Å². The SMILES string of the molecule is COc1cc(C)c(Cl)cc1-c1cc(C(=O)NC2CCCCC2)c(C)n1CC1CCCCC1. The summed E-state index contributed by atoms with van der Waals surface area (Å²) in [5, 5.41) is 4.03. The largest absolute Gasteiger partial charge is 0.496 e. The van der Waals surface area contributed by atoms with Gasteiger partial charge in [0.1, 0.15) is 5.75 Å². The summed E-state index contributed by atoms with van der Waals surface area (Å²) in [5.74, 6) is 1.50. The maximum atomic E-state index is 13.3. The molecule has 0 spiro atoms. The van der Waals surface area contributed by atoms with Crippen LogP contribution in [0.25, 0.3) is 11.3 Å². The van der Waals surface area contributed by atoms with Crippen molar-refractivity contribution in [1.82, 2.24) is 9.88 Å². The Morgan fingerprint density at radius 3 is 2.34 bits per heavy atom. The van der Waals surface area contributed by atoms with Crippen molar-refractivity contribution >= 4 is 17.5 Å². The van der Waals surface area contributed by atoms with Gasteiger partial charge in [0.05, 0.1) is 18.4 Å². The zero-order valence-electron chi connectivity index (χ0n) is 19.8. The topological polar surface area (TPSA) is 43.3 Å². The highest BCUT2D eigenvalue weighted by atomic mass is 35.5. The minimum atomic E-state index is 0.0511. The predicted molar refractivity (Wildman–Crippen MR) is 132 cm³/mol. The molecule has 2 aliphatic carbocycles. The van der Waals surface area contributed by atoms with Crippen molar-refractivity contribution in [2.24, 2.45) is 5.92 Å². The molecule has 2 aliphatic rings. The number of ether oxygens (including phenoxy) is 1. The summed E-state index contributed by atoms with van der Waals surface area (Å²) >= 11 is 6.53. The van der Waals surface area contributed by atoms with Crippen LogP contribution in [0, 0.1) is 19.8 Å². The summed E-state index contributed by atoms with van der Waals surface area (Å²) < 4.78 is 8.08. The van der Waals surface area contributed by atoms with E-state index < -0.39 is 0 Å². The van der Waals surface area contributed by atoms with Crippen molar-refractivity contribution in [3.8, 4) is 17.0 Å². The van der Waals surface area contributed by atoms with Gasteiger partial charge in [-0.15, -0.1) is 0 Å². The fraction of sp³-hybridized carbons (Fsp3) is 0.593. The zero-order valence-corrected chi connectivity index (χ0v) is 20.6. The van der Waals surface area contributed by atoms with Gasteiger partial charge in [-0.05, 0) is 69.2 Å². The molecule has 2 saturated carbocycles. The maximum absolute atomic E-state index is 13.3. The molecular formula is C27H37ClN2O2. The maximum Gasteiger partial charge on any atom is 0.253 e. The molecule has 0 atom stereocenters. The number of nitrogens with one attached hydrogen (secondary N) is 1. The van der Waals surface area contributed by atoms with E-state index in [9.17, 15) is 4.79 Å². The molecule has 0 aliphatic heterocycles. The second-order valence-electron chi connectivity index (χ2n) is 9.75. The quantitative estimate of drug-likeness (QED) is 0.504. The van der Waals surface area contributed by atoms with Gasteiger partial charge in [-0.25, -0.2) is 0 Å². The van der Waals surface area contributed by atoms with Crippen molar-refractivity contribution in [3.63, 3.8) is 0 Å². The molecule has 1 aromatic carbocycles. The normalized spacial score (nSPS) is 18.0. The van der Waals surface area contributed by atoms with Crippen molar-refractivity contribution in [1.29, 1.82) is 0 Å². The number of hydrogen-bond donors (Lipinski definition) is 1. The van der Waals surface area contributed by atoms with E-state index >= 15 is 0 Å². The van der Waals surface area contributed by atoms with E-state index in [4.69, 9.17) is 16.3 Å². The molecule has 4 nitrogen and oxygen atoms in total. The zero-order chi connectivity index (χ0) is 22.7. The van der Waals surface area contributed by atoms with Gasteiger partial charge in [0.25, 0.3) is 5.91 Å². The summed E-state index contributed by atoms with van der Waals surface area (Å²) in [4.78, 5) is 13.3. The molecule has 174 valence electrons. The first-order chi connectivity index (χ1) is 15.5. The van der Waals surface area contributed by atoms with Crippen LogP contribution in [-0.4, -0.2) is 23.6 Å². The van der Waals surface area contributed by atoms with E-state index in [0.717, 1.165) is 58.2 Å². The van der Waals surface area contributed by atoms with Crippen LogP contribution < -0.4 is 10.1 Å². The number of rotatable bonds is 6. The van der Waals surface area contributed by atoms with Crippen LogP contribution in [-0.2, 0) is 6.54 Å². The number of hydrogen-bond acceptors (Lipinski definition) is 2. The number of halogens is 1. The van der Waals surface area contributed by atoms with Crippen LogP contribution in [0.4, 0.5) is 0 Å². The average molecular weight is 457 g/mol. The smallest absolute Gasteiger partial charge is 0.253 e. The lowest BCUT2D eigenvalue weighted by atomic mass is 9.89. The van der Waals surface area contributed by atoms with Crippen LogP contribution in [0.15, 0.2) is 18.2 Å². The number of aromatic nitrogens is 1. The highest BCUT2D eigenvalue weighted by Crippen LogP contribution is 2.38. The van der Waals surface area contributed by atoms with Crippen LogP contribution >= 0.6 is 11.6 Å². The Hall–Kier alpha value is -1.94. The van der Waals surface area contributed by atoms with Gasteiger partial charge >= 0.3 is 0 Å². The standard InChI is InChI=1S/C27H37ClN2O2/c1-18-14-26(32-3)23(15-24(18)28)25-16-22(27(31)29-21-12-8-5-9-13-21)19(2)30(25)17-20-10-6-4-7-11-20/h14-16,20-21H,4-13,17H2,1-3H3,(H,29,31). The number of aryl methyl sites for hydroxylation is 1. The Bertz CT molecular complexity index is 953. The van der Waals surface area contributed by atoms with Crippen LogP contribution in [0.5, 0.6) is 5.75 Å². The lowest BCUT2D eigenvalue weighted by Gasteiger charge is -2.25. The summed E-state index contributed by atoms with van der Waals surface area (Å²) in [6, 6.07) is 6.33. The monoisotopic (exact) mass is 456 g/mol. The molecule has 1 amide bonds. The van der Waals surface area contributed by atoms with E-state index in [1.807, 2.05) is 19.1 Å². The number of amides is 1. The molecular weight excluding hydrogens is 420 g/mol. The minimum Gasteiger partial charge on any atom is -0.496 e. The van der Waals surface area contributed by atoms with Gasteiger partial charge in [-0.2, -0.15) is 0 Å². The average Bonchev–Trinajstić information content (AvgIpc) is 3.12. The molecule has 1 N–H and O–H groups in total. The Morgan fingerprint density at radius 1 is 1.03 bits per heavy atom. The van der Waals surface area contributed by atoms with Crippen LogP contribution in [0.1, 0.15) is 85.8 Å². The molecule has 4 rings (SSSR count). The molecule has 1 heterocycles. The lowest BCUT2D eigenvalue weighted by Crippen LogP contribution is -2.36. The number of carbonyl (C=O) groups is 1. The van der Waals surface area contributed by atoms with Gasteiger partial charge in [-0.3, -0.25) is 4.79 Å². The fourth-order valence-electron chi connectivity index (χ4n) is 5.50. The first-order valence-corrected chi connectivity index (χ1v) is 12.7. The summed E-state index contributed by atoms with van der Waals surface area (Å²) in [7, 11) is 1.70. The summed E-state index contributed by atoms with van der Waals surface area (Å²) in [6.45, 7) is 5.01. The third-order valence-electron chi connectivity index (χ3n) is 7.47. The number of methoxy groups -OCH3 is 1. The Balaban J connectivity index is 1.73. The number of nitrogens with zero attached hydrogens (tertiary/aromatic N) is 1. The van der Waals surface area contributed by atoms with Crippen molar-refractivity contribution in [3.05, 3.63) is 40.0 Å². The Morgan fingerprint density at radius 2 is 1.69 bits per heavy atom. The number of carbonyl (C=O) groups excluding carboxylic acids is 1. The summed E-state index contributed by atoms with van der Waals surface area (Å²) in [5.41, 5.74) is 4.79. The summed E-state index contributed by atoms with van der Waals surface area (Å²) in [6.07, 6.45) is 12.3. The predicted octanol–water partition coefficient (Wildman–Crippen LogP) is 7.08. The third kappa shape index (κ3) is 5.01. The van der Waals surface area contributed by atoms with E-state index in [0.29, 0.717) is 12.0 Å². The van der Waals surface area contributed by atoms with Gasteiger partial charge in [0, 0.05) is 28.9 Å². The van der Waals surface area contributed by atoms with Crippen LogP contribution in [0.2, 0.25) is 5.02 Å². The molecule has 2 aromatic rings. The van der Waals surface area contributed by atoms with Crippen molar-refractivity contribution in [2.75, 3.05) is 7.11 Å². The van der Waals surface area contributed by atoms with Gasteiger partial charge in [-0.1, -0.05) is 50.1 Å². The molecule has 2 fully saturated rings. The molecule has 0 unspecified atom stereocenters. The van der Waals surface area contributed by atoms with Crippen molar-refractivity contribution in [2.45, 2.75) is 90.6 Å². The molecule has 0 saturated heterocycles. The highest BCUT2D eigenvalue weighted by Gasteiger charge is 2.25. The number of benzene rings is 1. The molecule has 5 heteroatoms. The second-order valence-corrected chi connectivity index (χ2v) is 10.2. The Kier molecular flexibility index (Phi) is 7.50. The highest BCUT2D eigenvalue weighted by molar-refractivity contribution is 6.31. The van der Waals surface area contributed by atoms with Gasteiger partial charge < -0.3 is 14.6 Å². The van der Waals surface area contributed by atoms with Gasteiger partial charge in [0.2, 0.25) is 0 Å². The molecule has 32 heavy (non-hydrogen) atoms.